The van der Waals surface area contributed by atoms with Crippen molar-refractivity contribution < 1.29 is 0 Å². The van der Waals surface area contributed by atoms with Crippen LogP contribution in [0.25, 0.3) is 17.3 Å². The summed E-state index contributed by atoms with van der Waals surface area (Å²) < 4.78 is 4.33. The molecule has 1 fully saturated rings. The number of aryl methyl sites for hydroxylation is 1. The number of hydrogen-bond donors (Lipinski definition) is 1. The molecule has 0 bridgehead atoms. The molecule has 0 aliphatic heterocycles. The maximum Gasteiger partial charge on any atom is 0.116 e. The van der Waals surface area contributed by atoms with Crippen molar-refractivity contribution in [1.29, 1.82) is 0 Å². The van der Waals surface area contributed by atoms with Crippen LogP contribution in [0.2, 0.25) is 0 Å². The number of benzene rings is 1. The smallest absolute Gasteiger partial charge is 0.116 e. The first-order chi connectivity index (χ1) is 16.6. The van der Waals surface area contributed by atoms with Gasteiger partial charge in [-0.3, -0.25) is 9.36 Å². The van der Waals surface area contributed by atoms with Crippen molar-refractivity contribution in [2.45, 2.75) is 96.1 Å². The fourth-order valence-electron chi connectivity index (χ4n) is 5.90. The molecular weight excluding hydrogens is 448 g/mol. The highest BCUT2D eigenvalue weighted by molar-refractivity contribution is 7.10. The molecule has 2 aliphatic rings. The minimum absolute atomic E-state index is 0.229. The third-order valence-corrected chi connectivity index (χ3v) is 9.45. The van der Waals surface area contributed by atoms with Crippen LogP contribution in [0.3, 0.4) is 0 Å². The minimum atomic E-state index is 0.229. The fraction of sp³-hybridized carbons (Fsp3) is 0.567. The Morgan fingerprint density at radius 3 is 2.57 bits per heavy atom. The lowest BCUT2D eigenvalue weighted by molar-refractivity contribution is 0.332. The lowest BCUT2D eigenvalue weighted by Gasteiger charge is -2.42. The molecule has 0 spiro atoms. The van der Waals surface area contributed by atoms with E-state index in [9.17, 15) is 0 Å². The van der Waals surface area contributed by atoms with Gasteiger partial charge in [0.15, 0.2) is 0 Å². The molecule has 5 heteroatoms. The van der Waals surface area contributed by atoms with Crippen LogP contribution in [-0.2, 0) is 31.5 Å². The second kappa shape index (κ2) is 9.40. The molecule has 1 saturated carbocycles. The molecule has 188 valence electrons. The molecule has 5 rings (SSSR count). The predicted molar refractivity (Wildman–Crippen MR) is 149 cm³/mol. The first kappa shape index (κ1) is 24.6. The molecule has 0 saturated heterocycles. The number of thiazole rings is 1. The van der Waals surface area contributed by atoms with Crippen LogP contribution in [0.5, 0.6) is 0 Å². The molecule has 1 atom stereocenters. The summed E-state index contributed by atoms with van der Waals surface area (Å²) in [6, 6.07) is 7.70. The van der Waals surface area contributed by atoms with E-state index in [1.165, 1.54) is 67.3 Å². The topological polar surface area (TPSA) is 34.8 Å². The Morgan fingerprint density at radius 1 is 1.06 bits per heavy atom. The average Bonchev–Trinajstić information content (AvgIpc) is 3.18. The van der Waals surface area contributed by atoms with Crippen molar-refractivity contribution in [1.82, 2.24) is 19.7 Å². The van der Waals surface area contributed by atoms with Gasteiger partial charge in [0.25, 0.3) is 0 Å². The number of rotatable bonds is 5. The van der Waals surface area contributed by atoms with E-state index in [0.29, 0.717) is 6.04 Å². The number of hydrogen-bond acceptors (Lipinski definition) is 3. The van der Waals surface area contributed by atoms with Gasteiger partial charge < -0.3 is 5.32 Å². The third kappa shape index (κ3) is 5.08. The molecule has 4 nitrogen and oxygen atoms in total. The highest BCUT2D eigenvalue weighted by Crippen LogP contribution is 2.46. The summed E-state index contributed by atoms with van der Waals surface area (Å²) in [5, 5.41) is 7.19. The maximum absolute atomic E-state index is 5.06. The Labute approximate surface area is 215 Å². The van der Waals surface area contributed by atoms with Crippen molar-refractivity contribution in [2.75, 3.05) is 0 Å². The Bertz CT molecular complexity index is 1220. The zero-order chi connectivity index (χ0) is 24.8. The van der Waals surface area contributed by atoms with E-state index in [1.807, 2.05) is 0 Å². The van der Waals surface area contributed by atoms with Gasteiger partial charge in [0.05, 0.1) is 11.4 Å². The first-order valence-corrected chi connectivity index (χ1v) is 14.2. The van der Waals surface area contributed by atoms with Crippen LogP contribution in [0, 0.1) is 0 Å². The second-order valence-electron chi connectivity index (χ2n) is 12.1. The summed E-state index contributed by atoms with van der Waals surface area (Å²) in [4.78, 5) is 5.06. The lowest BCUT2D eigenvalue weighted by Crippen LogP contribution is -2.33. The number of nitrogens with zero attached hydrogens (tertiary/aromatic N) is 3. The van der Waals surface area contributed by atoms with Gasteiger partial charge in [0, 0.05) is 43.8 Å². The van der Waals surface area contributed by atoms with Crippen LogP contribution in [0.1, 0.15) is 94.5 Å². The van der Waals surface area contributed by atoms with Gasteiger partial charge in [-0.15, -0.1) is 11.3 Å². The number of allylic oxidation sites excluding steroid dienone is 1. The molecule has 2 aromatic heterocycles. The zero-order valence-corrected chi connectivity index (χ0v) is 23.3. The molecular formula is C30H42N4S. The highest BCUT2D eigenvalue weighted by atomic mass is 32.1. The van der Waals surface area contributed by atoms with Gasteiger partial charge in [0.2, 0.25) is 0 Å². The summed E-state index contributed by atoms with van der Waals surface area (Å²) in [6.07, 6.45) is 13.2. The zero-order valence-electron chi connectivity index (χ0n) is 22.4. The van der Waals surface area contributed by atoms with Gasteiger partial charge >= 0.3 is 0 Å². The van der Waals surface area contributed by atoms with Crippen molar-refractivity contribution in [3.63, 3.8) is 0 Å². The van der Waals surface area contributed by atoms with Crippen LogP contribution in [-0.4, -0.2) is 20.4 Å². The van der Waals surface area contributed by atoms with Crippen molar-refractivity contribution in [2.24, 2.45) is 14.1 Å². The first-order valence-electron chi connectivity index (χ1n) is 13.3. The summed E-state index contributed by atoms with van der Waals surface area (Å²) in [7, 11) is 4.21. The van der Waals surface area contributed by atoms with Crippen LogP contribution < -0.4 is 5.32 Å². The molecule has 1 unspecified atom stereocenters. The summed E-state index contributed by atoms with van der Waals surface area (Å²) in [5.74, 6) is 0. The SMILES string of the molecule is Cn1cc(CNC2CCC/C(=C\c3nc(-c4ccc5c(c4)C(C)(C)CCC5(C)C)cs3)CC2)n1C. The molecule has 2 aliphatic carbocycles. The van der Waals surface area contributed by atoms with Gasteiger partial charge in [-0.25, -0.2) is 4.98 Å². The van der Waals surface area contributed by atoms with Crippen LogP contribution >= 0.6 is 11.3 Å². The number of nitrogens with one attached hydrogen (secondary N) is 1. The summed E-state index contributed by atoms with van der Waals surface area (Å²) in [6.45, 7) is 10.5. The van der Waals surface area contributed by atoms with E-state index in [0.717, 1.165) is 17.2 Å². The standard InChI is InChI=1S/C30H42N4S/c1-29(2)14-15-30(3,4)26-17-22(11-13-25(26)29)27-20-35-28(32-27)16-21-8-7-9-23(12-10-21)31-18-24-19-33(5)34(24)6/h11,13,16-17,19-20,23,31H,7-10,12,14-15,18H2,1-6H3/b21-16+. The van der Waals surface area contributed by atoms with Gasteiger partial charge in [-0.2, -0.15) is 0 Å². The number of fused-ring (bicyclic) bond motifs is 1. The van der Waals surface area contributed by atoms with Crippen LogP contribution in [0.15, 0.2) is 35.3 Å². The van der Waals surface area contributed by atoms with Crippen LogP contribution in [0.4, 0.5) is 0 Å². The minimum Gasteiger partial charge on any atom is -0.308 e. The lowest BCUT2D eigenvalue weighted by atomic mass is 9.63. The highest BCUT2D eigenvalue weighted by Gasteiger charge is 2.37. The third-order valence-electron chi connectivity index (χ3n) is 8.66. The van der Waals surface area contributed by atoms with E-state index < -0.39 is 0 Å². The second-order valence-corrected chi connectivity index (χ2v) is 13.0. The average molecular weight is 491 g/mol. The maximum atomic E-state index is 5.06. The van der Waals surface area contributed by atoms with E-state index in [-0.39, 0.29) is 10.8 Å². The monoisotopic (exact) mass is 490 g/mol. The molecule has 0 radical (unpaired) electrons. The van der Waals surface area contributed by atoms with Gasteiger partial charge in [-0.1, -0.05) is 45.4 Å². The predicted octanol–water partition coefficient (Wildman–Crippen LogP) is 7.34. The number of aromatic nitrogens is 3. The fourth-order valence-corrected chi connectivity index (χ4v) is 6.71. The van der Waals surface area contributed by atoms with E-state index >= 15 is 0 Å². The van der Waals surface area contributed by atoms with Crippen molar-refractivity contribution >= 4 is 17.4 Å². The van der Waals surface area contributed by atoms with Gasteiger partial charge in [-0.05, 0) is 79.0 Å². The summed E-state index contributed by atoms with van der Waals surface area (Å²) >= 11 is 1.79. The van der Waals surface area contributed by atoms with Crippen molar-refractivity contribution in [3.8, 4) is 11.3 Å². The molecule has 2 heterocycles. The Hall–Kier alpha value is -2.11. The Balaban J connectivity index is 1.26. The molecule has 1 aromatic carbocycles. The Morgan fingerprint density at radius 2 is 1.83 bits per heavy atom. The largest absolute Gasteiger partial charge is 0.308 e. The normalized spacial score (nSPS) is 22.8. The van der Waals surface area contributed by atoms with Crippen molar-refractivity contribution in [3.05, 3.63) is 57.2 Å². The molecule has 35 heavy (non-hydrogen) atoms. The molecule has 3 aromatic rings. The molecule has 0 amide bonds. The summed E-state index contributed by atoms with van der Waals surface area (Å²) in [5.41, 5.74) is 8.84. The quantitative estimate of drug-likeness (QED) is 0.380. The van der Waals surface area contributed by atoms with E-state index in [4.69, 9.17) is 4.98 Å². The Kier molecular flexibility index (Phi) is 6.60. The molecule has 1 N–H and O–H groups in total. The van der Waals surface area contributed by atoms with E-state index in [1.54, 1.807) is 16.9 Å². The van der Waals surface area contributed by atoms with E-state index in [2.05, 4.69) is 92.3 Å². The van der Waals surface area contributed by atoms with Gasteiger partial charge in [0.1, 0.15) is 5.01 Å².